The Labute approximate surface area is 161 Å². The molecule has 0 bridgehead atoms. The van der Waals surface area contributed by atoms with Gasteiger partial charge in [0.15, 0.2) is 24.8 Å². The van der Waals surface area contributed by atoms with E-state index in [-0.39, 0.29) is 79.1 Å². The quantitative estimate of drug-likeness (QED) is 0.345. The molecule has 0 amide bonds. The van der Waals surface area contributed by atoms with Crippen LogP contribution in [-0.4, -0.2) is 0 Å². The molecular weight excluding hydrogens is 405 g/mol. The van der Waals surface area contributed by atoms with Crippen molar-refractivity contribution in [1.29, 1.82) is 0 Å². The minimum Gasteiger partial charge on any atom is -1.00 e. The zero-order valence-electron chi connectivity index (χ0n) is 10.3. The molecular formula is C12H14Cl5FeN2. The van der Waals surface area contributed by atoms with Crippen molar-refractivity contribution in [3.05, 3.63) is 61.2 Å². The average Bonchev–Trinajstić information content (AvgIpc) is 2.29. The fourth-order valence-electron chi connectivity index (χ4n) is 1.40. The Morgan fingerprint density at radius 2 is 0.700 bits per heavy atom. The van der Waals surface area contributed by atoms with Crippen LogP contribution >= 0.6 is 0 Å². The van der Waals surface area contributed by atoms with Crippen LogP contribution in [0.25, 0.3) is 0 Å². The second kappa shape index (κ2) is 19.3. The monoisotopic (exact) mass is 417 g/mol. The minimum absolute atomic E-state index is 0. The van der Waals surface area contributed by atoms with E-state index in [1.54, 1.807) is 0 Å². The Bertz CT molecular complexity index is 352. The molecule has 0 saturated heterocycles. The minimum atomic E-state index is 0. The average molecular weight is 419 g/mol. The summed E-state index contributed by atoms with van der Waals surface area (Å²) in [4.78, 5) is 0. The van der Waals surface area contributed by atoms with E-state index in [1.165, 1.54) is 0 Å². The van der Waals surface area contributed by atoms with Gasteiger partial charge in [-0.2, -0.15) is 9.13 Å². The Morgan fingerprint density at radius 3 is 0.950 bits per heavy atom. The molecule has 0 saturated carbocycles. The van der Waals surface area contributed by atoms with Gasteiger partial charge in [-0.3, -0.25) is 0 Å². The number of hydrogen-bond donors (Lipinski definition) is 0. The number of hydrogen-bond acceptors (Lipinski definition) is 0. The summed E-state index contributed by atoms with van der Waals surface area (Å²) < 4.78 is 4.36. The topological polar surface area (TPSA) is 7.76 Å². The number of rotatable bonds is 3. The fourth-order valence-corrected chi connectivity index (χ4v) is 1.40. The molecule has 2 heterocycles. The second-order valence-electron chi connectivity index (χ2n) is 3.23. The number of aromatic nitrogens is 2. The number of aryl methyl sites for hydroxylation is 2. The van der Waals surface area contributed by atoms with Crippen LogP contribution in [0.4, 0.5) is 0 Å². The van der Waals surface area contributed by atoms with Crippen LogP contribution in [0, 0.1) is 0 Å². The van der Waals surface area contributed by atoms with Crippen LogP contribution in [0.5, 0.6) is 0 Å². The van der Waals surface area contributed by atoms with E-state index < -0.39 is 0 Å². The van der Waals surface area contributed by atoms with Gasteiger partial charge in [0.25, 0.3) is 0 Å². The van der Waals surface area contributed by atoms with E-state index in [9.17, 15) is 0 Å². The zero-order chi connectivity index (χ0) is 9.64. The van der Waals surface area contributed by atoms with Crippen molar-refractivity contribution in [2.75, 3.05) is 0 Å². The zero-order valence-corrected chi connectivity index (χ0v) is 15.2. The summed E-state index contributed by atoms with van der Waals surface area (Å²) >= 11 is 0. The van der Waals surface area contributed by atoms with Crippen LogP contribution in [0.15, 0.2) is 61.2 Å². The van der Waals surface area contributed by atoms with Gasteiger partial charge >= 0.3 is 17.1 Å². The maximum atomic E-state index is 2.18. The number of halogens is 5. The predicted octanol–water partition coefficient (Wildman–Crippen LogP) is -14.0. The molecule has 0 spiro atoms. The third-order valence-electron chi connectivity index (χ3n) is 2.17. The van der Waals surface area contributed by atoms with Gasteiger partial charge in [-0.15, -0.1) is 0 Å². The van der Waals surface area contributed by atoms with Gasteiger partial charge in [0.2, 0.25) is 13.1 Å². The molecule has 0 N–H and O–H groups in total. The normalized spacial score (nSPS) is 7.00. The van der Waals surface area contributed by atoms with E-state index in [2.05, 4.69) is 58.2 Å². The molecule has 115 valence electrons. The van der Waals surface area contributed by atoms with Gasteiger partial charge in [0.05, 0.1) is 0 Å². The molecule has 0 aromatic carbocycles. The van der Waals surface area contributed by atoms with Gasteiger partial charge in [0, 0.05) is 24.3 Å². The van der Waals surface area contributed by atoms with E-state index in [0.717, 1.165) is 13.1 Å². The third kappa shape index (κ3) is 12.0. The summed E-state index contributed by atoms with van der Waals surface area (Å²) in [5, 5.41) is 0. The second-order valence-corrected chi connectivity index (χ2v) is 3.23. The van der Waals surface area contributed by atoms with Gasteiger partial charge in [-0.1, -0.05) is 12.1 Å². The van der Waals surface area contributed by atoms with E-state index >= 15 is 0 Å². The summed E-state index contributed by atoms with van der Waals surface area (Å²) in [6.45, 7) is 2.02. The van der Waals surface area contributed by atoms with Crippen molar-refractivity contribution in [1.82, 2.24) is 0 Å². The van der Waals surface area contributed by atoms with Crippen molar-refractivity contribution < 1.29 is 88.2 Å². The van der Waals surface area contributed by atoms with Gasteiger partial charge in [0.1, 0.15) is 0 Å². The fraction of sp³-hybridized carbons (Fsp3) is 0.167. The predicted molar refractivity (Wildman–Crippen MR) is 53.3 cm³/mol. The largest absolute Gasteiger partial charge is 3.00 e. The molecule has 0 aliphatic heterocycles. The van der Waals surface area contributed by atoms with Crippen molar-refractivity contribution in [2.24, 2.45) is 0 Å². The van der Waals surface area contributed by atoms with E-state index in [0.29, 0.717) is 0 Å². The Hall–Kier alpha value is 0.269. The van der Waals surface area contributed by atoms with Crippen molar-refractivity contribution in [3.8, 4) is 0 Å². The van der Waals surface area contributed by atoms with Crippen LogP contribution in [0.3, 0.4) is 0 Å². The summed E-state index contributed by atoms with van der Waals surface area (Å²) in [6.07, 6.45) is 8.35. The van der Waals surface area contributed by atoms with Gasteiger partial charge in [-0.25, -0.2) is 0 Å². The smallest absolute Gasteiger partial charge is 1.00 e. The molecule has 0 fully saturated rings. The summed E-state index contributed by atoms with van der Waals surface area (Å²) in [5.74, 6) is 0. The molecule has 1 radical (unpaired) electrons. The van der Waals surface area contributed by atoms with Gasteiger partial charge in [-0.05, 0) is 0 Å². The SMILES string of the molecule is [Cl-].[Cl-].[Cl-].[Cl-].[Cl-].[Fe+3].c1cc[n+](CC[n+]2ccccc2)cc1. The molecule has 20 heavy (non-hydrogen) atoms. The summed E-state index contributed by atoms with van der Waals surface area (Å²) in [6, 6.07) is 12.3. The van der Waals surface area contributed by atoms with E-state index in [4.69, 9.17) is 0 Å². The van der Waals surface area contributed by atoms with E-state index in [1.807, 2.05) is 12.1 Å². The molecule has 8 heteroatoms. The molecule has 0 unspecified atom stereocenters. The molecule has 2 nitrogen and oxygen atoms in total. The Morgan fingerprint density at radius 1 is 0.450 bits per heavy atom. The first-order valence-corrected chi connectivity index (χ1v) is 4.83. The Kier molecular flexibility index (Phi) is 31.1. The summed E-state index contributed by atoms with van der Waals surface area (Å²) in [7, 11) is 0. The number of pyridine rings is 2. The summed E-state index contributed by atoms with van der Waals surface area (Å²) in [5.41, 5.74) is 0. The van der Waals surface area contributed by atoms with Crippen molar-refractivity contribution in [2.45, 2.75) is 13.1 Å². The number of nitrogens with zero attached hydrogens (tertiary/aromatic N) is 2. The maximum absolute atomic E-state index is 2.18. The molecule has 0 aliphatic rings. The van der Waals surface area contributed by atoms with Crippen LogP contribution < -0.4 is 71.2 Å². The standard InChI is InChI=1S/C12H14N2.5ClH.Fe/c1-3-7-13(8-4-1)11-12-14-9-5-2-6-10-14;;;;;;/h1-10H,11-12H2;5*1H;/q+2;;;;;;+3/p-5. The molecule has 0 aliphatic carbocycles. The van der Waals surface area contributed by atoms with Crippen molar-refractivity contribution in [3.63, 3.8) is 0 Å². The molecule has 0 atom stereocenters. The Balaban J connectivity index is -0.000000125. The van der Waals surface area contributed by atoms with Gasteiger partial charge < -0.3 is 62.0 Å². The first kappa shape index (κ1) is 32.3. The van der Waals surface area contributed by atoms with Crippen LogP contribution in [-0.2, 0) is 30.2 Å². The molecule has 2 rings (SSSR count). The van der Waals surface area contributed by atoms with Crippen LogP contribution in [0.1, 0.15) is 0 Å². The maximum Gasteiger partial charge on any atom is 3.00 e. The molecule has 2 aromatic heterocycles. The third-order valence-corrected chi connectivity index (χ3v) is 2.17. The van der Waals surface area contributed by atoms with Crippen LogP contribution in [0.2, 0.25) is 0 Å². The molecule has 2 aromatic rings. The first-order valence-electron chi connectivity index (χ1n) is 4.83. The first-order chi connectivity index (χ1) is 6.95. The van der Waals surface area contributed by atoms with Crippen molar-refractivity contribution >= 4 is 0 Å².